The van der Waals surface area contributed by atoms with Crippen molar-refractivity contribution in [3.8, 4) is 0 Å². The Hall–Kier alpha value is -0.830. The standard InChI is InChI=1S/C9H9FOS/c1-7(11)9-4-2-8(3-5-9)6-12-10/h2-5H,6H2,1H3. The Morgan fingerprint density at radius 2 is 2.00 bits per heavy atom. The molecule has 0 aromatic heterocycles. The van der Waals surface area contributed by atoms with Gasteiger partial charge in [0.05, 0.1) is 5.75 Å². The molecule has 1 nitrogen and oxygen atoms in total. The number of carbonyl (C=O) groups excluding carboxylic acids is 1. The van der Waals surface area contributed by atoms with Gasteiger partial charge >= 0.3 is 0 Å². The molecule has 0 unspecified atom stereocenters. The Morgan fingerprint density at radius 3 is 2.42 bits per heavy atom. The summed E-state index contributed by atoms with van der Waals surface area (Å²) in [7, 11) is 0. The monoisotopic (exact) mass is 184 g/mol. The normalized spacial score (nSPS) is 9.83. The number of Topliss-reactive ketones (excluding diaryl/α,β-unsaturated/α-hetero) is 1. The molecule has 0 spiro atoms. The molecule has 0 radical (unpaired) electrons. The first-order valence-electron chi connectivity index (χ1n) is 3.57. The summed E-state index contributed by atoms with van der Waals surface area (Å²) in [5, 5.41) is 0. The van der Waals surface area contributed by atoms with Gasteiger partial charge in [-0.2, -0.15) is 3.89 Å². The quantitative estimate of drug-likeness (QED) is 0.672. The predicted molar refractivity (Wildman–Crippen MR) is 48.8 cm³/mol. The highest BCUT2D eigenvalue weighted by atomic mass is 32.2. The fraction of sp³-hybridized carbons (Fsp3) is 0.222. The van der Waals surface area contributed by atoms with Crippen LogP contribution in [0.2, 0.25) is 0 Å². The van der Waals surface area contributed by atoms with Crippen LogP contribution < -0.4 is 0 Å². The molecule has 0 bridgehead atoms. The number of ketones is 1. The Balaban J connectivity index is 2.78. The number of carbonyl (C=O) groups is 1. The Labute approximate surface area is 75.3 Å². The summed E-state index contributed by atoms with van der Waals surface area (Å²) in [5.74, 6) is 0.382. The number of hydrogen-bond donors (Lipinski definition) is 0. The Kier molecular flexibility index (Phi) is 3.29. The van der Waals surface area contributed by atoms with Gasteiger partial charge in [-0.25, -0.2) is 0 Å². The van der Waals surface area contributed by atoms with Crippen molar-refractivity contribution in [1.29, 1.82) is 0 Å². The summed E-state index contributed by atoms with van der Waals surface area (Å²) in [6.45, 7) is 1.51. The second-order valence-electron chi connectivity index (χ2n) is 2.51. The third-order valence-corrected chi connectivity index (χ3v) is 2.02. The van der Waals surface area contributed by atoms with E-state index in [-0.39, 0.29) is 17.9 Å². The third kappa shape index (κ3) is 2.34. The number of benzene rings is 1. The molecule has 0 atom stereocenters. The average molecular weight is 184 g/mol. The molecule has 0 aliphatic rings. The third-order valence-electron chi connectivity index (χ3n) is 1.58. The van der Waals surface area contributed by atoms with Gasteiger partial charge in [0.25, 0.3) is 0 Å². The van der Waals surface area contributed by atoms with Crippen molar-refractivity contribution in [2.75, 3.05) is 0 Å². The Morgan fingerprint density at radius 1 is 1.42 bits per heavy atom. The minimum atomic E-state index is 0.0365. The van der Waals surface area contributed by atoms with Crippen molar-refractivity contribution in [2.45, 2.75) is 12.7 Å². The molecule has 64 valence electrons. The van der Waals surface area contributed by atoms with E-state index >= 15 is 0 Å². The van der Waals surface area contributed by atoms with Gasteiger partial charge in [0.2, 0.25) is 0 Å². The van der Waals surface area contributed by atoms with Crippen LogP contribution in [0.25, 0.3) is 0 Å². The van der Waals surface area contributed by atoms with E-state index in [2.05, 4.69) is 0 Å². The summed E-state index contributed by atoms with van der Waals surface area (Å²) >= 11 is 0.284. The van der Waals surface area contributed by atoms with Crippen LogP contribution >= 0.6 is 12.1 Å². The van der Waals surface area contributed by atoms with E-state index in [4.69, 9.17) is 0 Å². The Bertz CT molecular complexity index is 268. The van der Waals surface area contributed by atoms with Crippen LogP contribution in [0.1, 0.15) is 22.8 Å². The van der Waals surface area contributed by atoms with Crippen molar-refractivity contribution < 1.29 is 8.68 Å². The molecular weight excluding hydrogens is 175 g/mol. The zero-order valence-electron chi connectivity index (χ0n) is 6.71. The second kappa shape index (κ2) is 4.26. The van der Waals surface area contributed by atoms with E-state index in [0.717, 1.165) is 5.56 Å². The van der Waals surface area contributed by atoms with Crippen LogP contribution in [0.3, 0.4) is 0 Å². The molecule has 1 aromatic carbocycles. The van der Waals surface area contributed by atoms with E-state index in [9.17, 15) is 8.68 Å². The van der Waals surface area contributed by atoms with Gasteiger partial charge < -0.3 is 0 Å². The van der Waals surface area contributed by atoms with E-state index in [1.165, 1.54) is 6.92 Å². The lowest BCUT2D eigenvalue weighted by molar-refractivity contribution is 0.101. The molecule has 0 aliphatic heterocycles. The molecule has 0 heterocycles. The highest BCUT2D eigenvalue weighted by molar-refractivity contribution is 7.93. The molecule has 0 N–H and O–H groups in total. The average Bonchev–Trinajstić information content (AvgIpc) is 2.06. The summed E-state index contributed by atoms with van der Waals surface area (Å²) in [6.07, 6.45) is 0. The minimum Gasteiger partial charge on any atom is -0.295 e. The van der Waals surface area contributed by atoms with Gasteiger partial charge in [-0.3, -0.25) is 4.79 Å². The first-order valence-corrected chi connectivity index (χ1v) is 4.46. The van der Waals surface area contributed by atoms with Gasteiger partial charge in [-0.15, -0.1) is 0 Å². The SMILES string of the molecule is CC(=O)c1ccc(CSF)cc1. The lowest BCUT2D eigenvalue weighted by atomic mass is 10.1. The van der Waals surface area contributed by atoms with Gasteiger partial charge in [-0.05, 0) is 12.5 Å². The van der Waals surface area contributed by atoms with Crippen molar-refractivity contribution in [3.05, 3.63) is 35.4 Å². The molecule has 0 saturated heterocycles. The van der Waals surface area contributed by atoms with Crippen LogP contribution in [0.5, 0.6) is 0 Å². The van der Waals surface area contributed by atoms with E-state index in [1.54, 1.807) is 24.3 Å². The maximum absolute atomic E-state index is 11.8. The molecular formula is C9H9FOS. The van der Waals surface area contributed by atoms with Crippen molar-refractivity contribution >= 4 is 17.9 Å². The maximum atomic E-state index is 11.8. The molecule has 0 fully saturated rings. The topological polar surface area (TPSA) is 17.1 Å². The van der Waals surface area contributed by atoms with E-state index in [1.807, 2.05) is 0 Å². The van der Waals surface area contributed by atoms with Gasteiger partial charge in [0.1, 0.15) is 0 Å². The molecule has 1 aromatic rings. The maximum Gasteiger partial charge on any atom is 0.159 e. The summed E-state index contributed by atoms with van der Waals surface area (Å²) < 4.78 is 11.8. The highest BCUT2D eigenvalue weighted by Gasteiger charge is 1.98. The number of halogens is 1. The summed E-state index contributed by atoms with van der Waals surface area (Å²) in [4.78, 5) is 10.8. The lowest BCUT2D eigenvalue weighted by Gasteiger charge is -1.97. The van der Waals surface area contributed by atoms with E-state index < -0.39 is 0 Å². The molecule has 12 heavy (non-hydrogen) atoms. The van der Waals surface area contributed by atoms with Crippen LogP contribution in [-0.2, 0) is 5.75 Å². The highest BCUT2D eigenvalue weighted by Crippen LogP contribution is 2.13. The molecule has 0 saturated carbocycles. The zero-order valence-corrected chi connectivity index (χ0v) is 7.53. The molecule has 0 amide bonds. The van der Waals surface area contributed by atoms with Crippen LogP contribution in [0.15, 0.2) is 24.3 Å². The van der Waals surface area contributed by atoms with Gasteiger partial charge in [0.15, 0.2) is 5.78 Å². The van der Waals surface area contributed by atoms with Gasteiger partial charge in [-0.1, -0.05) is 24.3 Å². The van der Waals surface area contributed by atoms with Crippen molar-refractivity contribution in [1.82, 2.24) is 0 Å². The fourth-order valence-corrected chi connectivity index (χ4v) is 1.22. The van der Waals surface area contributed by atoms with Crippen LogP contribution in [0, 0.1) is 0 Å². The van der Waals surface area contributed by atoms with Crippen LogP contribution in [-0.4, -0.2) is 5.78 Å². The fourth-order valence-electron chi connectivity index (χ4n) is 0.899. The number of rotatable bonds is 3. The summed E-state index contributed by atoms with van der Waals surface area (Å²) in [5.41, 5.74) is 1.56. The molecule has 1 rings (SSSR count). The minimum absolute atomic E-state index is 0.0365. The molecule has 3 heteroatoms. The zero-order chi connectivity index (χ0) is 8.97. The van der Waals surface area contributed by atoms with E-state index in [0.29, 0.717) is 11.3 Å². The van der Waals surface area contributed by atoms with Gasteiger partial charge in [0, 0.05) is 17.7 Å². The smallest absolute Gasteiger partial charge is 0.159 e. The first-order chi connectivity index (χ1) is 5.74. The van der Waals surface area contributed by atoms with Crippen molar-refractivity contribution in [3.63, 3.8) is 0 Å². The molecule has 0 aliphatic carbocycles. The lowest BCUT2D eigenvalue weighted by Crippen LogP contribution is -1.91. The number of hydrogen-bond acceptors (Lipinski definition) is 2. The van der Waals surface area contributed by atoms with Crippen LogP contribution in [0.4, 0.5) is 3.89 Å². The van der Waals surface area contributed by atoms with Crippen molar-refractivity contribution in [2.24, 2.45) is 0 Å². The predicted octanol–water partition coefficient (Wildman–Crippen LogP) is 3.01. The summed E-state index contributed by atoms with van der Waals surface area (Å²) in [6, 6.07) is 6.97. The second-order valence-corrected chi connectivity index (χ2v) is 3.01. The first kappa shape index (κ1) is 9.26. The largest absolute Gasteiger partial charge is 0.295 e.